The molecule has 1 unspecified atom stereocenters. The summed E-state index contributed by atoms with van der Waals surface area (Å²) in [6.07, 6.45) is -4.42. The van der Waals surface area contributed by atoms with Crippen LogP contribution in [-0.4, -0.2) is 52.3 Å². The summed E-state index contributed by atoms with van der Waals surface area (Å²) in [5.41, 5.74) is 2.40. The SMILES string of the molecule is Cc1ccc(C(C)CC(=O)NCCSSCCC(=O)O)cc1.O=C(O)C(F)(F)F. The van der Waals surface area contributed by atoms with E-state index >= 15 is 0 Å². The molecule has 0 aliphatic heterocycles. The first-order chi connectivity index (χ1) is 13.4. The summed E-state index contributed by atoms with van der Waals surface area (Å²) in [5, 5.41) is 18.5. The topological polar surface area (TPSA) is 104 Å². The molecular weight excluding hydrogens is 431 g/mol. The van der Waals surface area contributed by atoms with Crippen molar-refractivity contribution in [3.8, 4) is 0 Å². The van der Waals surface area contributed by atoms with Gasteiger partial charge in [-0.05, 0) is 18.4 Å². The zero-order chi connectivity index (χ0) is 22.4. The molecule has 0 aromatic heterocycles. The Morgan fingerprint density at radius 3 is 2.07 bits per heavy atom. The number of carbonyl (C=O) groups excluding carboxylic acids is 1. The van der Waals surface area contributed by atoms with Gasteiger partial charge < -0.3 is 15.5 Å². The fraction of sp³-hybridized carbons (Fsp3) is 0.500. The minimum Gasteiger partial charge on any atom is -0.481 e. The number of carbonyl (C=O) groups is 3. The third-order valence-electron chi connectivity index (χ3n) is 3.37. The molecule has 1 rings (SSSR count). The van der Waals surface area contributed by atoms with Crippen molar-refractivity contribution in [2.75, 3.05) is 18.1 Å². The lowest BCUT2D eigenvalue weighted by Gasteiger charge is -2.12. The number of benzene rings is 1. The van der Waals surface area contributed by atoms with Crippen LogP contribution in [0.4, 0.5) is 13.2 Å². The van der Waals surface area contributed by atoms with Crippen LogP contribution < -0.4 is 5.32 Å². The molecule has 0 saturated carbocycles. The normalized spacial score (nSPS) is 11.8. The Hall–Kier alpha value is -1.88. The maximum Gasteiger partial charge on any atom is 0.490 e. The summed E-state index contributed by atoms with van der Waals surface area (Å²) in [4.78, 5) is 31.1. The summed E-state index contributed by atoms with van der Waals surface area (Å²) < 4.78 is 31.7. The number of aryl methyl sites for hydroxylation is 1. The molecule has 1 atom stereocenters. The monoisotopic (exact) mass is 455 g/mol. The van der Waals surface area contributed by atoms with Gasteiger partial charge in [0, 0.05) is 24.5 Å². The van der Waals surface area contributed by atoms with Gasteiger partial charge in [-0.2, -0.15) is 13.2 Å². The highest BCUT2D eigenvalue weighted by Gasteiger charge is 2.38. The van der Waals surface area contributed by atoms with Crippen LogP contribution >= 0.6 is 21.6 Å². The number of carboxylic acids is 2. The molecule has 29 heavy (non-hydrogen) atoms. The summed E-state index contributed by atoms with van der Waals surface area (Å²) in [7, 11) is 3.12. The zero-order valence-corrected chi connectivity index (χ0v) is 17.6. The standard InChI is InChI=1S/C16H23NO3S2.C2HF3O2/c1-12-3-5-14(6-4-12)13(2)11-15(18)17-8-10-22-21-9-7-16(19)20;3-2(4,5)1(6)7/h3-6,13H,7-11H2,1-2H3,(H,17,18)(H,19,20);(H,6,7). The Morgan fingerprint density at radius 2 is 1.59 bits per heavy atom. The Labute approximate surface area is 175 Å². The fourth-order valence-electron chi connectivity index (χ4n) is 1.84. The molecule has 3 N–H and O–H groups in total. The molecule has 0 heterocycles. The molecule has 0 aliphatic rings. The smallest absolute Gasteiger partial charge is 0.481 e. The molecule has 0 aliphatic carbocycles. The van der Waals surface area contributed by atoms with Crippen molar-refractivity contribution in [1.82, 2.24) is 5.32 Å². The third-order valence-corrected chi connectivity index (χ3v) is 5.78. The van der Waals surface area contributed by atoms with Gasteiger partial charge in [0.25, 0.3) is 0 Å². The van der Waals surface area contributed by atoms with Crippen molar-refractivity contribution in [3.63, 3.8) is 0 Å². The maximum atomic E-state index is 11.9. The molecule has 1 aromatic rings. The van der Waals surface area contributed by atoms with Crippen LogP contribution in [0.1, 0.15) is 36.8 Å². The van der Waals surface area contributed by atoms with Crippen LogP contribution in [0.5, 0.6) is 0 Å². The molecule has 1 amide bonds. The van der Waals surface area contributed by atoms with Gasteiger partial charge in [0.2, 0.25) is 5.91 Å². The molecule has 1 aromatic carbocycles. The van der Waals surface area contributed by atoms with Crippen LogP contribution in [0.2, 0.25) is 0 Å². The number of amides is 1. The van der Waals surface area contributed by atoms with E-state index < -0.39 is 18.1 Å². The summed E-state index contributed by atoms with van der Waals surface area (Å²) in [6.45, 7) is 4.72. The Balaban J connectivity index is 0.000000956. The Morgan fingerprint density at radius 1 is 1.07 bits per heavy atom. The molecular formula is C18H24F3NO5S2. The summed E-state index contributed by atoms with van der Waals surface area (Å²) in [6, 6.07) is 8.27. The first-order valence-corrected chi connectivity index (χ1v) is 11.0. The van der Waals surface area contributed by atoms with Gasteiger partial charge in [-0.15, -0.1) is 0 Å². The predicted molar refractivity (Wildman–Crippen MR) is 108 cm³/mol. The van der Waals surface area contributed by atoms with Crippen molar-refractivity contribution >= 4 is 39.4 Å². The number of aliphatic carboxylic acids is 2. The highest BCUT2D eigenvalue weighted by atomic mass is 33.1. The minimum absolute atomic E-state index is 0.0595. The minimum atomic E-state index is -5.08. The van der Waals surface area contributed by atoms with Gasteiger partial charge in [-0.1, -0.05) is 58.3 Å². The number of halogens is 3. The van der Waals surface area contributed by atoms with E-state index in [1.807, 2.05) is 6.92 Å². The average molecular weight is 456 g/mol. The Kier molecular flexibility index (Phi) is 13.2. The van der Waals surface area contributed by atoms with E-state index in [1.54, 1.807) is 10.8 Å². The average Bonchev–Trinajstić information content (AvgIpc) is 2.60. The van der Waals surface area contributed by atoms with E-state index in [0.29, 0.717) is 18.7 Å². The second kappa shape index (κ2) is 14.2. The van der Waals surface area contributed by atoms with Gasteiger partial charge in [-0.3, -0.25) is 9.59 Å². The number of rotatable bonds is 10. The molecule has 164 valence electrons. The van der Waals surface area contributed by atoms with Crippen molar-refractivity contribution < 1.29 is 37.8 Å². The van der Waals surface area contributed by atoms with Gasteiger partial charge in [0.1, 0.15) is 0 Å². The zero-order valence-electron chi connectivity index (χ0n) is 16.0. The quantitative estimate of drug-likeness (QED) is 0.361. The lowest BCUT2D eigenvalue weighted by molar-refractivity contribution is -0.192. The largest absolute Gasteiger partial charge is 0.490 e. The van der Waals surface area contributed by atoms with Gasteiger partial charge >= 0.3 is 18.1 Å². The number of hydrogen-bond acceptors (Lipinski definition) is 5. The maximum absolute atomic E-state index is 11.9. The first kappa shape index (κ1) is 27.1. The molecule has 0 fully saturated rings. The summed E-state index contributed by atoms with van der Waals surface area (Å²) >= 11 is 0. The van der Waals surface area contributed by atoms with E-state index in [0.717, 1.165) is 5.75 Å². The highest BCUT2D eigenvalue weighted by molar-refractivity contribution is 8.76. The fourth-order valence-corrected chi connectivity index (χ4v) is 3.73. The van der Waals surface area contributed by atoms with E-state index in [9.17, 15) is 22.8 Å². The van der Waals surface area contributed by atoms with Crippen molar-refractivity contribution in [3.05, 3.63) is 35.4 Å². The van der Waals surface area contributed by atoms with E-state index in [2.05, 4.69) is 36.5 Å². The molecule has 0 saturated heterocycles. The van der Waals surface area contributed by atoms with Crippen LogP contribution in [0.15, 0.2) is 24.3 Å². The summed E-state index contributed by atoms with van der Waals surface area (Å²) in [5.74, 6) is -1.88. The van der Waals surface area contributed by atoms with Crippen molar-refractivity contribution in [1.29, 1.82) is 0 Å². The number of alkyl halides is 3. The number of nitrogens with one attached hydrogen (secondary N) is 1. The second-order valence-electron chi connectivity index (χ2n) is 5.96. The lowest BCUT2D eigenvalue weighted by atomic mass is 9.96. The predicted octanol–water partition coefficient (Wildman–Crippen LogP) is 4.09. The lowest BCUT2D eigenvalue weighted by Crippen LogP contribution is -2.26. The van der Waals surface area contributed by atoms with E-state index in [-0.39, 0.29) is 18.2 Å². The first-order valence-electron chi connectivity index (χ1n) is 8.53. The van der Waals surface area contributed by atoms with Crippen molar-refractivity contribution in [2.45, 2.75) is 38.8 Å². The van der Waals surface area contributed by atoms with Crippen LogP contribution in [0, 0.1) is 6.92 Å². The highest BCUT2D eigenvalue weighted by Crippen LogP contribution is 2.21. The van der Waals surface area contributed by atoms with E-state index in [1.165, 1.54) is 21.9 Å². The van der Waals surface area contributed by atoms with Crippen LogP contribution in [0.3, 0.4) is 0 Å². The Bertz CT molecular complexity index is 654. The number of hydrogen-bond donors (Lipinski definition) is 3. The molecule has 6 nitrogen and oxygen atoms in total. The molecule has 11 heteroatoms. The van der Waals surface area contributed by atoms with Crippen molar-refractivity contribution in [2.24, 2.45) is 0 Å². The van der Waals surface area contributed by atoms with Gasteiger partial charge in [-0.25, -0.2) is 4.79 Å². The van der Waals surface area contributed by atoms with E-state index in [4.69, 9.17) is 15.0 Å². The van der Waals surface area contributed by atoms with Gasteiger partial charge in [0.15, 0.2) is 0 Å². The molecule has 0 spiro atoms. The van der Waals surface area contributed by atoms with Crippen LogP contribution in [0.25, 0.3) is 0 Å². The molecule has 0 bridgehead atoms. The number of carboxylic acid groups (broad SMARTS) is 2. The van der Waals surface area contributed by atoms with Crippen LogP contribution in [-0.2, 0) is 14.4 Å². The third kappa shape index (κ3) is 14.7. The van der Waals surface area contributed by atoms with Gasteiger partial charge in [0.05, 0.1) is 6.42 Å². The molecule has 0 radical (unpaired) electrons. The second-order valence-corrected chi connectivity index (χ2v) is 8.66.